The maximum atomic E-state index is 13.2. The molecule has 2 aromatic rings. The maximum absolute atomic E-state index is 13.2. The molecule has 0 spiro atoms. The lowest BCUT2D eigenvalue weighted by Crippen LogP contribution is -2.46. The van der Waals surface area contributed by atoms with Crippen LogP contribution in [0.1, 0.15) is 42.5 Å². The molecule has 1 saturated heterocycles. The van der Waals surface area contributed by atoms with Crippen molar-refractivity contribution in [2.24, 2.45) is 5.92 Å². The Labute approximate surface area is 194 Å². The summed E-state index contributed by atoms with van der Waals surface area (Å²) in [5.74, 6) is -1.02. The molecule has 0 bridgehead atoms. The van der Waals surface area contributed by atoms with Crippen LogP contribution in [0.2, 0.25) is 0 Å². The average Bonchev–Trinajstić information content (AvgIpc) is 2.79. The minimum atomic E-state index is -0.786. The van der Waals surface area contributed by atoms with Crippen molar-refractivity contribution in [3.05, 3.63) is 47.2 Å². The second kappa shape index (κ2) is 10.4. The number of aromatic nitrogens is 1. The van der Waals surface area contributed by atoms with E-state index in [0.29, 0.717) is 12.5 Å². The Kier molecular flexibility index (Phi) is 7.65. The normalized spacial score (nSPS) is 18.2. The lowest BCUT2D eigenvalue weighted by molar-refractivity contribution is -0.146. The number of piperidine rings is 1. The van der Waals surface area contributed by atoms with E-state index in [4.69, 9.17) is 16.9 Å². The molecule has 1 aromatic heterocycles. The van der Waals surface area contributed by atoms with Crippen LogP contribution in [0, 0.1) is 11.3 Å². The summed E-state index contributed by atoms with van der Waals surface area (Å²) in [4.78, 5) is 33.8. The fraction of sp³-hybridized carbons (Fsp3) is 0.417. The van der Waals surface area contributed by atoms with Gasteiger partial charge in [-0.2, -0.15) is 0 Å². The highest BCUT2D eigenvalue weighted by Crippen LogP contribution is 2.34. The number of nitrogens with one attached hydrogen (secondary N) is 2. The van der Waals surface area contributed by atoms with Crippen LogP contribution in [0.15, 0.2) is 30.5 Å². The highest BCUT2D eigenvalue weighted by Gasteiger charge is 2.34. The number of hydrogen-bond donors (Lipinski definition) is 4. The second-order valence-corrected chi connectivity index (χ2v) is 8.93. The first kappa shape index (κ1) is 24.2. The lowest BCUT2D eigenvalue weighted by Gasteiger charge is -2.38. The summed E-state index contributed by atoms with van der Waals surface area (Å²) < 4.78 is 0. The van der Waals surface area contributed by atoms with E-state index in [1.807, 2.05) is 14.1 Å². The van der Waals surface area contributed by atoms with E-state index in [2.05, 4.69) is 46.4 Å². The summed E-state index contributed by atoms with van der Waals surface area (Å²) in [5.41, 5.74) is 14.5. The van der Waals surface area contributed by atoms with E-state index < -0.39 is 11.8 Å². The fourth-order valence-electron chi connectivity index (χ4n) is 4.10. The maximum Gasteiger partial charge on any atom is 0.314 e. The predicted molar refractivity (Wildman–Crippen MR) is 131 cm³/mol. The molecule has 0 radical (unpaired) electrons. The molecular weight excluding hydrogens is 418 g/mol. The molecule has 2 atom stereocenters. The van der Waals surface area contributed by atoms with Gasteiger partial charge in [0, 0.05) is 19.3 Å². The van der Waals surface area contributed by atoms with Crippen LogP contribution in [-0.2, 0) is 16.0 Å². The molecule has 6 N–H and O–H groups in total. The third-order valence-corrected chi connectivity index (χ3v) is 6.07. The fourth-order valence-corrected chi connectivity index (χ4v) is 4.10. The number of carbonyl (C=O) groups is 2. The number of nitrogens with two attached hydrogens (primary N) is 2. The number of nitrogen functional groups attached to an aromatic ring is 2. The van der Waals surface area contributed by atoms with E-state index >= 15 is 0 Å². The van der Waals surface area contributed by atoms with Crippen molar-refractivity contribution in [1.29, 1.82) is 5.41 Å². The van der Waals surface area contributed by atoms with Gasteiger partial charge in [-0.25, -0.2) is 4.98 Å². The van der Waals surface area contributed by atoms with Crippen molar-refractivity contribution < 1.29 is 9.59 Å². The van der Waals surface area contributed by atoms with Crippen molar-refractivity contribution in [2.75, 3.05) is 44.0 Å². The number of nitrogens with zero attached hydrogens (tertiary/aromatic N) is 3. The zero-order valence-electron chi connectivity index (χ0n) is 19.5. The summed E-state index contributed by atoms with van der Waals surface area (Å²) in [6, 6.07) is 8.14. The van der Waals surface area contributed by atoms with Gasteiger partial charge in [-0.15, -0.1) is 0 Å². The molecule has 176 valence electrons. The van der Waals surface area contributed by atoms with E-state index in [1.165, 1.54) is 11.8 Å². The van der Waals surface area contributed by atoms with Gasteiger partial charge < -0.3 is 32.0 Å². The molecule has 33 heavy (non-hydrogen) atoms. The Morgan fingerprint density at radius 1 is 1.24 bits per heavy atom. The number of likely N-dealkylation sites (tertiary alicyclic amines) is 1. The summed E-state index contributed by atoms with van der Waals surface area (Å²) in [5, 5.41) is 9.99. The summed E-state index contributed by atoms with van der Waals surface area (Å²) in [7, 11) is 4.10. The highest BCUT2D eigenvalue weighted by atomic mass is 16.2. The van der Waals surface area contributed by atoms with Crippen LogP contribution < -0.4 is 16.8 Å². The number of rotatable bonds is 6. The molecule has 9 heteroatoms. The zero-order chi connectivity index (χ0) is 24.1. The molecule has 1 aromatic carbocycles. The predicted octanol–water partition coefficient (Wildman–Crippen LogP) is 2.29. The minimum Gasteiger partial charge on any atom is -0.396 e. The number of benzene rings is 1. The van der Waals surface area contributed by atoms with Gasteiger partial charge in [0.1, 0.15) is 5.82 Å². The smallest absolute Gasteiger partial charge is 0.314 e. The van der Waals surface area contributed by atoms with Gasteiger partial charge in [0.25, 0.3) is 0 Å². The van der Waals surface area contributed by atoms with E-state index in [0.717, 1.165) is 37.6 Å². The largest absolute Gasteiger partial charge is 0.396 e. The van der Waals surface area contributed by atoms with E-state index in [1.54, 1.807) is 4.90 Å². The average molecular weight is 452 g/mol. The van der Waals surface area contributed by atoms with Crippen molar-refractivity contribution in [1.82, 2.24) is 14.8 Å². The van der Waals surface area contributed by atoms with Gasteiger partial charge in [0.15, 0.2) is 0 Å². The topological polar surface area (TPSA) is 141 Å². The van der Waals surface area contributed by atoms with Crippen molar-refractivity contribution >= 4 is 35.2 Å². The standard InChI is InChI=1S/C24H33N7O2/c1-15-4-9-20(17-7-5-16(6-8-17)10-11-30(2)3)31(14-15)24(33)23(32)29-19-13-28-22(27)18(12-25)21(19)26/h5-8,12-13,15,20,25H,4,9-11,14H2,1-3H3,(H,29,32)(H4,26,27,28)/t15-,20+/m0/s1. The van der Waals surface area contributed by atoms with E-state index in [-0.39, 0.29) is 28.8 Å². The molecule has 2 heterocycles. The molecule has 0 unspecified atom stereocenters. The Bertz CT molecular complexity index is 1020. The number of likely N-dealkylation sites (N-methyl/N-ethyl adjacent to an activating group) is 1. The quantitative estimate of drug-likeness (QED) is 0.392. The van der Waals surface area contributed by atoms with Gasteiger partial charge in [-0.1, -0.05) is 31.2 Å². The Hall–Kier alpha value is -3.46. The first-order valence-corrected chi connectivity index (χ1v) is 11.1. The second-order valence-electron chi connectivity index (χ2n) is 8.93. The summed E-state index contributed by atoms with van der Waals surface area (Å²) in [6.45, 7) is 3.55. The number of amides is 2. The molecule has 2 amide bonds. The Balaban J connectivity index is 1.78. The third-order valence-electron chi connectivity index (χ3n) is 6.07. The third kappa shape index (κ3) is 5.67. The highest BCUT2D eigenvalue weighted by molar-refractivity contribution is 6.40. The van der Waals surface area contributed by atoms with Crippen LogP contribution in [0.5, 0.6) is 0 Å². The molecule has 1 aliphatic rings. The molecule has 3 rings (SSSR count). The van der Waals surface area contributed by atoms with Crippen LogP contribution in [0.4, 0.5) is 17.2 Å². The SMILES string of the molecule is C[C@H]1CC[C@H](c2ccc(CCN(C)C)cc2)N(C(=O)C(=O)Nc2cnc(N)c(C=N)c2N)C1. The van der Waals surface area contributed by atoms with Gasteiger partial charge in [-0.3, -0.25) is 9.59 Å². The Morgan fingerprint density at radius 3 is 2.58 bits per heavy atom. The van der Waals surface area contributed by atoms with Gasteiger partial charge in [0.05, 0.1) is 29.2 Å². The summed E-state index contributed by atoms with van der Waals surface area (Å²) >= 11 is 0. The number of anilines is 3. The van der Waals surface area contributed by atoms with Crippen molar-refractivity contribution in [2.45, 2.75) is 32.2 Å². The van der Waals surface area contributed by atoms with Crippen LogP contribution >= 0.6 is 0 Å². The first-order valence-electron chi connectivity index (χ1n) is 11.1. The first-order chi connectivity index (χ1) is 15.7. The van der Waals surface area contributed by atoms with Gasteiger partial charge in [-0.05, 0) is 50.4 Å². The monoisotopic (exact) mass is 451 g/mol. The van der Waals surface area contributed by atoms with Crippen LogP contribution in [0.25, 0.3) is 0 Å². The minimum absolute atomic E-state index is 0.0887. The van der Waals surface area contributed by atoms with Crippen LogP contribution in [0.3, 0.4) is 0 Å². The van der Waals surface area contributed by atoms with Crippen LogP contribution in [-0.4, -0.2) is 60.0 Å². The summed E-state index contributed by atoms with van der Waals surface area (Å²) in [6.07, 6.45) is 5.00. The molecule has 1 fully saturated rings. The lowest BCUT2D eigenvalue weighted by atomic mass is 9.89. The zero-order valence-corrected chi connectivity index (χ0v) is 19.5. The number of carbonyl (C=O) groups excluding carboxylic acids is 2. The molecule has 0 aliphatic carbocycles. The number of pyridine rings is 1. The number of hydrogen-bond acceptors (Lipinski definition) is 7. The van der Waals surface area contributed by atoms with Gasteiger partial charge in [0.2, 0.25) is 0 Å². The van der Waals surface area contributed by atoms with Crippen molar-refractivity contribution in [3.63, 3.8) is 0 Å². The Morgan fingerprint density at radius 2 is 1.94 bits per heavy atom. The molecule has 1 aliphatic heterocycles. The molecule has 0 saturated carbocycles. The van der Waals surface area contributed by atoms with Crippen molar-refractivity contribution in [3.8, 4) is 0 Å². The van der Waals surface area contributed by atoms with Gasteiger partial charge >= 0.3 is 11.8 Å². The van der Waals surface area contributed by atoms with E-state index in [9.17, 15) is 9.59 Å². The molecular formula is C24H33N7O2. The molecule has 9 nitrogen and oxygen atoms in total.